The largest absolute Gasteiger partial charge is 0.481 e. The zero-order valence-electron chi connectivity index (χ0n) is 22.8. The van der Waals surface area contributed by atoms with Gasteiger partial charge >= 0.3 is 5.97 Å². The fourth-order valence-electron chi connectivity index (χ4n) is 5.51. The van der Waals surface area contributed by atoms with Crippen molar-refractivity contribution in [3.63, 3.8) is 0 Å². The van der Waals surface area contributed by atoms with Crippen LogP contribution in [0.4, 0.5) is 0 Å². The third-order valence-electron chi connectivity index (χ3n) is 8.09. The molecule has 2 fully saturated rings. The van der Waals surface area contributed by atoms with Crippen molar-refractivity contribution in [2.24, 2.45) is 5.41 Å². The molecule has 1 unspecified atom stereocenters. The maximum absolute atomic E-state index is 13.0. The summed E-state index contributed by atoms with van der Waals surface area (Å²) in [6.45, 7) is 3.13. The third kappa shape index (κ3) is 5.83. The molecule has 0 radical (unpaired) electrons. The number of aliphatic carboxylic acids is 1. The van der Waals surface area contributed by atoms with Gasteiger partial charge in [0.25, 0.3) is 5.91 Å². The highest BCUT2D eigenvalue weighted by molar-refractivity contribution is 7.76. The lowest BCUT2D eigenvalue weighted by atomic mass is 9.76. The van der Waals surface area contributed by atoms with Gasteiger partial charge in [-0.25, -0.2) is 9.19 Å². The Morgan fingerprint density at radius 2 is 1.90 bits per heavy atom. The van der Waals surface area contributed by atoms with E-state index >= 15 is 0 Å². The molecule has 1 aliphatic heterocycles. The van der Waals surface area contributed by atoms with E-state index in [4.69, 9.17) is 14.1 Å². The van der Waals surface area contributed by atoms with E-state index in [1.54, 1.807) is 7.05 Å². The number of amides is 1. The van der Waals surface area contributed by atoms with Crippen molar-refractivity contribution in [1.29, 1.82) is 0 Å². The van der Waals surface area contributed by atoms with E-state index < -0.39 is 22.7 Å². The standard InChI is InChI=1S/C29H35N3O7S/c1-18-4-6-20(7-5-18)25-24(26(33)30-2)22-16-21(19-8-9-19)23(31-27(22)39-25)17-32(40(36)37)13-3-10-29(28(34)35)11-14-38-15-12-29/h4-7,16,19H,3,8-15,17H2,1-2H3,(H,30,33)(H,34,35)(H,36,37). The summed E-state index contributed by atoms with van der Waals surface area (Å²) in [7, 11) is 1.58. The highest BCUT2D eigenvalue weighted by atomic mass is 32.2. The highest BCUT2D eigenvalue weighted by Crippen LogP contribution is 2.44. The van der Waals surface area contributed by atoms with Crippen LogP contribution in [-0.4, -0.2) is 61.8 Å². The van der Waals surface area contributed by atoms with Crippen molar-refractivity contribution >= 4 is 34.2 Å². The van der Waals surface area contributed by atoms with Crippen molar-refractivity contribution in [2.45, 2.75) is 57.9 Å². The molecule has 1 saturated carbocycles. The Hall–Kier alpha value is -3.12. The second-order valence-electron chi connectivity index (χ2n) is 10.8. The number of aromatic nitrogens is 1. The maximum Gasteiger partial charge on any atom is 0.309 e. The first kappa shape index (κ1) is 28.4. The van der Waals surface area contributed by atoms with Crippen LogP contribution < -0.4 is 5.32 Å². The number of carboxylic acids is 1. The molecule has 1 aliphatic carbocycles. The zero-order chi connectivity index (χ0) is 28.4. The molecule has 5 rings (SSSR count). The van der Waals surface area contributed by atoms with Gasteiger partial charge in [0.2, 0.25) is 17.0 Å². The number of pyridine rings is 1. The van der Waals surface area contributed by atoms with Gasteiger partial charge in [0.05, 0.1) is 28.6 Å². The van der Waals surface area contributed by atoms with Gasteiger partial charge in [-0.1, -0.05) is 29.8 Å². The summed E-state index contributed by atoms with van der Waals surface area (Å²) >= 11 is -2.28. The van der Waals surface area contributed by atoms with Crippen LogP contribution in [0, 0.1) is 12.3 Å². The number of nitrogens with zero attached hydrogens (tertiary/aromatic N) is 2. The first-order valence-electron chi connectivity index (χ1n) is 13.6. The normalized spacial score (nSPS) is 17.7. The number of nitrogens with one attached hydrogen (secondary N) is 1. The van der Waals surface area contributed by atoms with E-state index in [-0.39, 0.29) is 24.9 Å². The van der Waals surface area contributed by atoms with Crippen LogP contribution >= 0.6 is 0 Å². The second kappa shape index (κ2) is 11.8. The molecule has 3 N–H and O–H groups in total. The van der Waals surface area contributed by atoms with Gasteiger partial charge in [0, 0.05) is 32.4 Å². The number of benzene rings is 1. The molecule has 1 saturated heterocycles. The number of carbonyl (C=O) groups is 2. The van der Waals surface area contributed by atoms with Crippen LogP contribution in [0.15, 0.2) is 34.7 Å². The van der Waals surface area contributed by atoms with E-state index in [1.165, 1.54) is 4.31 Å². The number of furan rings is 1. The average molecular weight is 570 g/mol. The Labute approximate surface area is 235 Å². The summed E-state index contributed by atoms with van der Waals surface area (Å²) in [5.41, 5.74) is 3.26. The minimum Gasteiger partial charge on any atom is -0.481 e. The topological polar surface area (TPSA) is 142 Å². The Balaban J connectivity index is 1.45. The Bertz CT molecular complexity index is 1430. The summed E-state index contributed by atoms with van der Waals surface area (Å²) in [5.74, 6) is -0.429. The van der Waals surface area contributed by atoms with Gasteiger partial charge in [-0.2, -0.15) is 4.31 Å². The second-order valence-corrected chi connectivity index (χ2v) is 11.8. The van der Waals surface area contributed by atoms with Crippen LogP contribution in [0.2, 0.25) is 0 Å². The molecule has 10 nitrogen and oxygen atoms in total. The Morgan fingerprint density at radius 1 is 1.20 bits per heavy atom. The number of carbonyl (C=O) groups excluding carboxylic acids is 1. The van der Waals surface area contributed by atoms with Gasteiger partial charge in [-0.3, -0.25) is 14.1 Å². The summed E-state index contributed by atoms with van der Waals surface area (Å²) in [6.07, 6.45) is 3.66. The number of aryl methyl sites for hydroxylation is 1. The molecule has 2 aromatic heterocycles. The number of hydrogen-bond acceptors (Lipinski definition) is 6. The summed E-state index contributed by atoms with van der Waals surface area (Å²) in [6, 6.07) is 9.66. The van der Waals surface area contributed by atoms with Crippen molar-refractivity contribution in [2.75, 3.05) is 26.8 Å². The summed E-state index contributed by atoms with van der Waals surface area (Å²) in [5, 5.41) is 13.2. The van der Waals surface area contributed by atoms with Crippen molar-refractivity contribution in [3.8, 4) is 11.3 Å². The highest BCUT2D eigenvalue weighted by Gasteiger charge is 2.40. The number of fused-ring (bicyclic) bond motifs is 1. The number of carboxylic acid groups (broad SMARTS) is 1. The van der Waals surface area contributed by atoms with E-state index in [1.807, 2.05) is 37.3 Å². The number of ether oxygens (including phenoxy) is 1. The molecule has 11 heteroatoms. The van der Waals surface area contributed by atoms with Crippen LogP contribution in [0.3, 0.4) is 0 Å². The number of rotatable bonds is 11. The quantitative estimate of drug-likeness (QED) is 0.284. The average Bonchev–Trinajstić information content (AvgIpc) is 3.72. The molecular formula is C29H35N3O7S. The maximum atomic E-state index is 13.0. The van der Waals surface area contributed by atoms with Crippen LogP contribution in [0.1, 0.15) is 71.6 Å². The van der Waals surface area contributed by atoms with Crippen LogP contribution in [-0.2, 0) is 27.3 Å². The van der Waals surface area contributed by atoms with E-state index in [2.05, 4.69) is 5.32 Å². The predicted octanol–water partition coefficient (Wildman–Crippen LogP) is 4.64. The molecule has 3 aromatic rings. The molecule has 0 spiro atoms. The molecular weight excluding hydrogens is 534 g/mol. The number of hydrogen-bond donors (Lipinski definition) is 3. The predicted molar refractivity (Wildman–Crippen MR) is 150 cm³/mol. The fourth-order valence-corrected chi connectivity index (χ4v) is 6.03. The van der Waals surface area contributed by atoms with E-state index in [0.29, 0.717) is 67.0 Å². The SMILES string of the molecule is CNC(=O)c1c(-c2ccc(C)cc2)oc2nc(CN(CCCC3(C(=O)O)CCOCC3)S(=O)O)c(C3CC3)cc12. The van der Waals surface area contributed by atoms with Gasteiger partial charge in [-0.15, -0.1) is 0 Å². The molecule has 40 heavy (non-hydrogen) atoms. The third-order valence-corrected chi connectivity index (χ3v) is 8.85. The summed E-state index contributed by atoms with van der Waals surface area (Å²) in [4.78, 5) is 29.8. The van der Waals surface area contributed by atoms with Crippen molar-refractivity contribution in [3.05, 3.63) is 52.7 Å². The lowest BCUT2D eigenvalue weighted by molar-refractivity contribution is -0.155. The molecule has 1 amide bonds. The lowest BCUT2D eigenvalue weighted by Crippen LogP contribution is -2.38. The van der Waals surface area contributed by atoms with E-state index in [9.17, 15) is 23.5 Å². The molecule has 1 atom stereocenters. The van der Waals surface area contributed by atoms with Crippen molar-refractivity contribution < 1.29 is 32.6 Å². The smallest absolute Gasteiger partial charge is 0.309 e. The van der Waals surface area contributed by atoms with Crippen LogP contribution in [0.5, 0.6) is 0 Å². The van der Waals surface area contributed by atoms with E-state index in [0.717, 1.165) is 29.5 Å². The van der Waals surface area contributed by atoms with Crippen LogP contribution in [0.25, 0.3) is 22.4 Å². The zero-order valence-corrected chi connectivity index (χ0v) is 23.6. The first-order chi connectivity index (χ1) is 19.2. The molecule has 3 heterocycles. The lowest BCUT2D eigenvalue weighted by Gasteiger charge is -2.33. The Morgan fingerprint density at radius 3 is 2.50 bits per heavy atom. The molecule has 1 aromatic carbocycles. The summed E-state index contributed by atoms with van der Waals surface area (Å²) < 4.78 is 35.4. The minimum atomic E-state index is -2.28. The van der Waals surface area contributed by atoms with Gasteiger partial charge < -0.3 is 19.6 Å². The monoisotopic (exact) mass is 569 g/mol. The van der Waals surface area contributed by atoms with Gasteiger partial charge in [-0.05, 0) is 63.0 Å². The molecule has 0 bridgehead atoms. The Kier molecular flexibility index (Phi) is 8.37. The van der Waals surface area contributed by atoms with Gasteiger partial charge in [0.15, 0.2) is 0 Å². The fraction of sp³-hybridized carbons (Fsp3) is 0.483. The molecule has 214 valence electrons. The molecule has 2 aliphatic rings. The van der Waals surface area contributed by atoms with Crippen molar-refractivity contribution in [1.82, 2.24) is 14.6 Å². The first-order valence-corrected chi connectivity index (χ1v) is 14.7. The van der Waals surface area contributed by atoms with Gasteiger partial charge in [0.1, 0.15) is 5.76 Å². The minimum absolute atomic E-state index is 0.101.